The smallest absolute Gasteiger partial charge is 0.241 e. The summed E-state index contributed by atoms with van der Waals surface area (Å²) in [7, 11) is 0. The molecule has 0 aromatic heterocycles. The van der Waals surface area contributed by atoms with Gasteiger partial charge in [0.25, 0.3) is 0 Å². The van der Waals surface area contributed by atoms with Crippen LogP contribution in [0.1, 0.15) is 43.7 Å². The predicted molar refractivity (Wildman–Crippen MR) is 94.6 cm³/mol. The van der Waals surface area contributed by atoms with Crippen molar-refractivity contribution in [3.8, 4) is 0 Å². The zero-order chi connectivity index (χ0) is 16.8. The maximum atomic E-state index is 12.5. The highest BCUT2D eigenvalue weighted by Crippen LogP contribution is 2.30. The Morgan fingerprint density at radius 3 is 2.50 bits per heavy atom. The monoisotopic (exact) mass is 331 g/mol. The average Bonchev–Trinajstić information content (AvgIpc) is 2.67. The third-order valence-electron chi connectivity index (χ3n) is 5.48. The van der Waals surface area contributed by atoms with Gasteiger partial charge >= 0.3 is 0 Å². The fourth-order valence-electron chi connectivity index (χ4n) is 3.90. The molecule has 0 spiro atoms. The van der Waals surface area contributed by atoms with E-state index in [0.29, 0.717) is 6.54 Å². The van der Waals surface area contributed by atoms with Crippen molar-refractivity contribution in [2.24, 2.45) is 5.73 Å². The Labute approximate surface area is 144 Å². The summed E-state index contributed by atoms with van der Waals surface area (Å²) >= 11 is 0. The zero-order valence-corrected chi connectivity index (χ0v) is 14.4. The van der Waals surface area contributed by atoms with Crippen molar-refractivity contribution in [1.29, 1.82) is 0 Å². The molecule has 1 amide bonds. The molecule has 0 aliphatic carbocycles. The van der Waals surface area contributed by atoms with Gasteiger partial charge in [-0.05, 0) is 44.3 Å². The lowest BCUT2D eigenvalue weighted by Gasteiger charge is -2.48. The summed E-state index contributed by atoms with van der Waals surface area (Å²) < 4.78 is 5.58. The standard InChI is InChI=1S/C19H29N3O2/c20-17(16-7-3-1-4-8-16)18(23)21-15-19(9-13-24-14-10-19)22-11-5-2-6-12-22/h1,3-4,7-8,17H,2,5-6,9-15,20H2,(H,21,23). The Morgan fingerprint density at radius 2 is 1.83 bits per heavy atom. The van der Waals surface area contributed by atoms with E-state index >= 15 is 0 Å². The molecule has 132 valence electrons. The van der Waals surface area contributed by atoms with Crippen LogP contribution in [0.3, 0.4) is 0 Å². The Bertz CT molecular complexity index is 523. The van der Waals surface area contributed by atoms with Crippen molar-refractivity contribution in [1.82, 2.24) is 10.2 Å². The van der Waals surface area contributed by atoms with Crippen LogP contribution in [0.5, 0.6) is 0 Å². The molecule has 3 rings (SSSR count). The highest BCUT2D eigenvalue weighted by molar-refractivity contribution is 5.83. The summed E-state index contributed by atoms with van der Waals surface area (Å²) in [5.41, 5.74) is 7.01. The van der Waals surface area contributed by atoms with Crippen molar-refractivity contribution >= 4 is 5.91 Å². The molecule has 3 N–H and O–H groups in total. The minimum absolute atomic E-state index is 0.0325. The van der Waals surface area contributed by atoms with E-state index < -0.39 is 6.04 Å². The minimum atomic E-state index is -0.607. The number of ether oxygens (including phenoxy) is 1. The molecule has 1 unspecified atom stereocenters. The largest absolute Gasteiger partial charge is 0.381 e. The van der Waals surface area contributed by atoms with E-state index in [1.54, 1.807) is 0 Å². The van der Waals surface area contributed by atoms with Crippen LogP contribution in [-0.2, 0) is 9.53 Å². The third-order valence-corrected chi connectivity index (χ3v) is 5.48. The van der Waals surface area contributed by atoms with Gasteiger partial charge in [-0.25, -0.2) is 0 Å². The predicted octanol–water partition coefficient (Wildman–Crippen LogP) is 1.84. The number of piperidine rings is 1. The third kappa shape index (κ3) is 3.97. The lowest BCUT2D eigenvalue weighted by Crippen LogP contribution is -2.60. The highest BCUT2D eigenvalue weighted by atomic mass is 16.5. The molecule has 5 nitrogen and oxygen atoms in total. The van der Waals surface area contributed by atoms with Crippen molar-refractivity contribution < 1.29 is 9.53 Å². The number of carbonyl (C=O) groups is 1. The maximum absolute atomic E-state index is 12.5. The van der Waals surface area contributed by atoms with Crippen LogP contribution in [0.15, 0.2) is 30.3 Å². The van der Waals surface area contributed by atoms with Crippen LogP contribution in [0.2, 0.25) is 0 Å². The molecular weight excluding hydrogens is 302 g/mol. The van der Waals surface area contributed by atoms with E-state index in [4.69, 9.17) is 10.5 Å². The van der Waals surface area contributed by atoms with E-state index in [9.17, 15) is 4.79 Å². The van der Waals surface area contributed by atoms with Crippen LogP contribution in [0, 0.1) is 0 Å². The summed E-state index contributed by atoms with van der Waals surface area (Å²) in [6.07, 6.45) is 5.77. The number of nitrogens with zero attached hydrogens (tertiary/aromatic N) is 1. The number of nitrogens with one attached hydrogen (secondary N) is 1. The number of rotatable bonds is 5. The Kier molecular flexibility index (Phi) is 5.87. The van der Waals surface area contributed by atoms with Gasteiger partial charge in [-0.15, -0.1) is 0 Å². The molecule has 24 heavy (non-hydrogen) atoms. The molecular formula is C19H29N3O2. The van der Waals surface area contributed by atoms with E-state index in [1.807, 2.05) is 30.3 Å². The Hall–Kier alpha value is -1.43. The molecule has 5 heteroatoms. The lowest BCUT2D eigenvalue weighted by molar-refractivity contribution is -0.124. The van der Waals surface area contributed by atoms with Gasteiger partial charge in [-0.3, -0.25) is 9.69 Å². The number of benzene rings is 1. The first-order valence-electron chi connectivity index (χ1n) is 9.12. The van der Waals surface area contributed by atoms with Gasteiger partial charge in [0, 0.05) is 25.3 Å². The Balaban J connectivity index is 1.63. The highest BCUT2D eigenvalue weighted by Gasteiger charge is 2.39. The van der Waals surface area contributed by atoms with E-state index in [2.05, 4.69) is 10.2 Å². The van der Waals surface area contributed by atoms with Crippen LogP contribution in [0.4, 0.5) is 0 Å². The summed E-state index contributed by atoms with van der Waals surface area (Å²) in [5, 5.41) is 3.13. The summed E-state index contributed by atoms with van der Waals surface area (Å²) in [6.45, 7) is 4.46. The average molecular weight is 331 g/mol. The Morgan fingerprint density at radius 1 is 1.17 bits per heavy atom. The summed E-state index contributed by atoms with van der Waals surface area (Å²) in [4.78, 5) is 15.1. The quantitative estimate of drug-likeness (QED) is 0.864. The first-order valence-corrected chi connectivity index (χ1v) is 9.12. The summed E-state index contributed by atoms with van der Waals surface area (Å²) in [5.74, 6) is -0.0934. The maximum Gasteiger partial charge on any atom is 0.241 e. The SMILES string of the molecule is NC(C(=O)NCC1(N2CCCCC2)CCOCC1)c1ccccc1. The van der Waals surface area contributed by atoms with Gasteiger partial charge in [-0.2, -0.15) is 0 Å². The van der Waals surface area contributed by atoms with Gasteiger partial charge in [0.1, 0.15) is 6.04 Å². The van der Waals surface area contributed by atoms with E-state index in [0.717, 1.165) is 44.7 Å². The van der Waals surface area contributed by atoms with Crippen LogP contribution in [0.25, 0.3) is 0 Å². The second kappa shape index (κ2) is 8.10. The first kappa shape index (κ1) is 17.4. The number of carbonyl (C=O) groups excluding carboxylic acids is 1. The molecule has 0 bridgehead atoms. The first-order chi connectivity index (χ1) is 11.7. The van der Waals surface area contributed by atoms with Crippen molar-refractivity contribution in [3.63, 3.8) is 0 Å². The minimum Gasteiger partial charge on any atom is -0.381 e. The second-order valence-corrected chi connectivity index (χ2v) is 6.99. The number of nitrogens with two attached hydrogens (primary N) is 1. The topological polar surface area (TPSA) is 67.6 Å². The van der Waals surface area contributed by atoms with Gasteiger partial charge in [0.15, 0.2) is 0 Å². The fraction of sp³-hybridized carbons (Fsp3) is 0.632. The molecule has 1 aromatic rings. The van der Waals surface area contributed by atoms with Gasteiger partial charge < -0.3 is 15.8 Å². The number of hydrogen-bond acceptors (Lipinski definition) is 4. The van der Waals surface area contributed by atoms with Crippen molar-refractivity contribution in [2.45, 2.75) is 43.7 Å². The van der Waals surface area contributed by atoms with Gasteiger partial charge in [0.05, 0.1) is 0 Å². The fourth-order valence-corrected chi connectivity index (χ4v) is 3.90. The molecule has 1 atom stereocenters. The molecule has 2 aliphatic heterocycles. The van der Waals surface area contributed by atoms with E-state index in [-0.39, 0.29) is 11.4 Å². The van der Waals surface area contributed by atoms with Crippen molar-refractivity contribution in [2.75, 3.05) is 32.8 Å². The van der Waals surface area contributed by atoms with Crippen molar-refractivity contribution in [3.05, 3.63) is 35.9 Å². The molecule has 0 saturated carbocycles. The number of hydrogen-bond donors (Lipinski definition) is 2. The second-order valence-electron chi connectivity index (χ2n) is 6.99. The molecule has 2 heterocycles. The van der Waals surface area contributed by atoms with E-state index in [1.165, 1.54) is 19.3 Å². The molecule has 0 radical (unpaired) electrons. The zero-order valence-electron chi connectivity index (χ0n) is 14.4. The van der Waals surface area contributed by atoms with Gasteiger partial charge in [0.2, 0.25) is 5.91 Å². The number of amides is 1. The molecule has 2 aliphatic rings. The lowest BCUT2D eigenvalue weighted by atomic mass is 9.86. The molecule has 2 saturated heterocycles. The van der Waals surface area contributed by atoms with Crippen LogP contribution in [-0.4, -0.2) is 49.2 Å². The molecule has 1 aromatic carbocycles. The summed E-state index contributed by atoms with van der Waals surface area (Å²) in [6, 6.07) is 8.95. The van der Waals surface area contributed by atoms with Crippen LogP contribution >= 0.6 is 0 Å². The number of likely N-dealkylation sites (tertiary alicyclic amines) is 1. The van der Waals surface area contributed by atoms with Gasteiger partial charge in [-0.1, -0.05) is 36.8 Å². The van der Waals surface area contributed by atoms with Crippen LogP contribution < -0.4 is 11.1 Å². The normalized spacial score (nSPS) is 22.7. The molecule has 2 fully saturated rings.